The molecule has 0 saturated carbocycles. The SMILES string of the molecule is COC1=N[C@@](O)(C(C)C)C(OC)=N[C@]1(O)CC=CC[C@@]1(O)N=C(OC)[C@](O)(C(C)C)N=C1OC. The zero-order valence-electron chi connectivity index (χ0n) is 20.9. The third-order valence-electron chi connectivity index (χ3n) is 5.79. The van der Waals surface area contributed by atoms with E-state index in [4.69, 9.17) is 18.9 Å². The highest BCUT2D eigenvalue weighted by Gasteiger charge is 2.50. The lowest BCUT2D eigenvalue weighted by atomic mass is 9.96. The molecular weight excluding hydrogens is 448 g/mol. The molecule has 0 unspecified atom stereocenters. The standard InChI is InChI=1S/C22H36N4O8/c1-13(2)21(29)17(33-7)23-19(27,15(25-21)31-5)11-9-10-12-20(28)16(32-6)26-22(30,14(3)4)18(24-20)34-8/h9-10,13-14,27-30H,11-12H2,1-8H3/t19-,20-,21+,22+/m0/s1. The maximum absolute atomic E-state index is 11.1. The maximum atomic E-state index is 11.1. The van der Waals surface area contributed by atoms with Gasteiger partial charge in [-0.25, -0.2) is 20.0 Å². The normalized spacial score (nSPS) is 33.9. The zero-order chi connectivity index (χ0) is 25.9. The molecule has 34 heavy (non-hydrogen) atoms. The molecule has 0 aliphatic carbocycles. The summed E-state index contributed by atoms with van der Waals surface area (Å²) in [5.41, 5.74) is -7.45. The summed E-state index contributed by atoms with van der Waals surface area (Å²) in [6, 6.07) is 0. The third kappa shape index (κ3) is 4.81. The van der Waals surface area contributed by atoms with E-state index >= 15 is 0 Å². The molecule has 0 spiro atoms. The zero-order valence-corrected chi connectivity index (χ0v) is 20.9. The molecule has 12 nitrogen and oxygen atoms in total. The van der Waals surface area contributed by atoms with Gasteiger partial charge in [-0.3, -0.25) is 0 Å². The van der Waals surface area contributed by atoms with E-state index in [2.05, 4.69) is 20.0 Å². The molecule has 2 rings (SSSR count). The largest absolute Gasteiger partial charge is 0.481 e. The van der Waals surface area contributed by atoms with Gasteiger partial charge in [0.25, 0.3) is 0 Å². The molecule has 2 aliphatic heterocycles. The second-order valence-corrected chi connectivity index (χ2v) is 8.76. The van der Waals surface area contributed by atoms with Crippen LogP contribution in [0, 0.1) is 11.8 Å². The molecule has 12 heteroatoms. The fraction of sp³-hybridized carbons (Fsp3) is 0.727. The van der Waals surface area contributed by atoms with Crippen LogP contribution in [0.25, 0.3) is 0 Å². The summed E-state index contributed by atoms with van der Waals surface area (Å²) in [5.74, 6) is -1.48. The summed E-state index contributed by atoms with van der Waals surface area (Å²) in [7, 11) is 5.27. The second-order valence-electron chi connectivity index (χ2n) is 8.76. The Morgan fingerprint density at radius 3 is 1.12 bits per heavy atom. The number of ether oxygens (including phenoxy) is 4. The van der Waals surface area contributed by atoms with Crippen LogP contribution in [-0.2, 0) is 18.9 Å². The van der Waals surface area contributed by atoms with Crippen LogP contribution in [0.3, 0.4) is 0 Å². The van der Waals surface area contributed by atoms with E-state index in [1.54, 1.807) is 27.7 Å². The average molecular weight is 485 g/mol. The number of aliphatic hydroxyl groups is 4. The van der Waals surface area contributed by atoms with Crippen LogP contribution < -0.4 is 0 Å². The van der Waals surface area contributed by atoms with Gasteiger partial charge in [0.15, 0.2) is 0 Å². The highest BCUT2D eigenvalue weighted by molar-refractivity contribution is 5.98. The smallest absolute Gasteiger partial charge is 0.243 e. The molecule has 0 amide bonds. The fourth-order valence-electron chi connectivity index (χ4n) is 3.50. The first-order chi connectivity index (χ1) is 15.8. The van der Waals surface area contributed by atoms with Crippen molar-refractivity contribution in [2.24, 2.45) is 31.8 Å². The van der Waals surface area contributed by atoms with Gasteiger partial charge in [-0.05, 0) is 0 Å². The molecule has 4 N–H and O–H groups in total. The molecule has 0 saturated heterocycles. The summed E-state index contributed by atoms with van der Waals surface area (Å²) < 4.78 is 20.8. The Morgan fingerprint density at radius 2 is 0.882 bits per heavy atom. The quantitative estimate of drug-likeness (QED) is 0.398. The number of nitrogens with zero attached hydrogens (tertiary/aromatic N) is 4. The van der Waals surface area contributed by atoms with E-state index < -0.39 is 34.7 Å². The number of methoxy groups -OCH3 is 4. The molecule has 0 radical (unpaired) electrons. The fourth-order valence-corrected chi connectivity index (χ4v) is 3.50. The Hall–Kier alpha value is -2.54. The average Bonchev–Trinajstić information content (AvgIpc) is 2.79. The van der Waals surface area contributed by atoms with Crippen LogP contribution in [0.4, 0.5) is 0 Å². The minimum absolute atomic E-state index is 0.118. The number of hydrogen-bond donors (Lipinski definition) is 4. The molecule has 0 bridgehead atoms. The van der Waals surface area contributed by atoms with Crippen molar-refractivity contribution in [3.8, 4) is 0 Å². The summed E-state index contributed by atoms with van der Waals surface area (Å²) in [6.07, 6.45) is 2.82. The lowest BCUT2D eigenvalue weighted by Crippen LogP contribution is -2.53. The van der Waals surface area contributed by atoms with Crippen LogP contribution in [-0.4, -0.2) is 95.4 Å². The van der Waals surface area contributed by atoms with Crippen molar-refractivity contribution < 1.29 is 39.4 Å². The van der Waals surface area contributed by atoms with E-state index in [1.165, 1.54) is 40.6 Å². The van der Waals surface area contributed by atoms with Gasteiger partial charge < -0.3 is 39.4 Å². The van der Waals surface area contributed by atoms with Crippen molar-refractivity contribution in [1.82, 2.24) is 0 Å². The van der Waals surface area contributed by atoms with Crippen LogP contribution >= 0.6 is 0 Å². The molecule has 4 atom stereocenters. The van der Waals surface area contributed by atoms with Crippen molar-refractivity contribution in [3.05, 3.63) is 12.2 Å². The van der Waals surface area contributed by atoms with Gasteiger partial charge in [0, 0.05) is 24.7 Å². The Labute approximate surface area is 199 Å². The Bertz CT molecular complexity index is 843. The minimum Gasteiger partial charge on any atom is -0.481 e. The highest BCUT2D eigenvalue weighted by Crippen LogP contribution is 2.33. The number of rotatable bonds is 6. The van der Waals surface area contributed by atoms with Crippen molar-refractivity contribution in [1.29, 1.82) is 0 Å². The Morgan fingerprint density at radius 1 is 0.588 bits per heavy atom. The van der Waals surface area contributed by atoms with Crippen molar-refractivity contribution >= 4 is 23.6 Å². The predicted molar refractivity (Wildman–Crippen MR) is 126 cm³/mol. The number of hydrogen-bond acceptors (Lipinski definition) is 12. The molecule has 0 aromatic rings. The first-order valence-electron chi connectivity index (χ1n) is 10.9. The van der Waals surface area contributed by atoms with E-state index in [9.17, 15) is 20.4 Å². The van der Waals surface area contributed by atoms with Crippen LogP contribution in [0.15, 0.2) is 32.1 Å². The monoisotopic (exact) mass is 484 g/mol. The lowest BCUT2D eigenvalue weighted by molar-refractivity contribution is 0.0181. The number of aliphatic imine (C=N–C) groups is 4. The highest BCUT2D eigenvalue weighted by atomic mass is 16.5. The van der Waals surface area contributed by atoms with Crippen LogP contribution in [0.1, 0.15) is 40.5 Å². The molecule has 192 valence electrons. The third-order valence-corrected chi connectivity index (χ3v) is 5.79. The van der Waals surface area contributed by atoms with E-state index in [0.29, 0.717) is 0 Å². The van der Waals surface area contributed by atoms with Gasteiger partial charge in [-0.1, -0.05) is 39.8 Å². The van der Waals surface area contributed by atoms with Gasteiger partial charge in [0.1, 0.15) is 0 Å². The summed E-state index contributed by atoms with van der Waals surface area (Å²) >= 11 is 0. The maximum Gasteiger partial charge on any atom is 0.243 e. The lowest BCUT2D eigenvalue weighted by Gasteiger charge is -2.37. The van der Waals surface area contributed by atoms with Gasteiger partial charge in [0.05, 0.1) is 28.4 Å². The summed E-state index contributed by atoms with van der Waals surface area (Å²) in [4.78, 5) is 16.6. The van der Waals surface area contributed by atoms with Crippen LogP contribution in [0.2, 0.25) is 0 Å². The predicted octanol–water partition coefficient (Wildman–Crippen LogP) is 0.596. The molecule has 0 aromatic carbocycles. The van der Waals surface area contributed by atoms with Crippen molar-refractivity contribution in [3.63, 3.8) is 0 Å². The topological polar surface area (TPSA) is 167 Å². The molecular formula is C22H36N4O8. The van der Waals surface area contributed by atoms with Gasteiger partial charge >= 0.3 is 0 Å². The first-order valence-corrected chi connectivity index (χ1v) is 10.9. The molecule has 2 aliphatic rings. The molecule has 2 heterocycles. The molecule has 0 aromatic heterocycles. The van der Waals surface area contributed by atoms with Gasteiger partial charge in [-0.15, -0.1) is 0 Å². The van der Waals surface area contributed by atoms with Crippen molar-refractivity contribution in [2.75, 3.05) is 28.4 Å². The van der Waals surface area contributed by atoms with Crippen LogP contribution in [0.5, 0.6) is 0 Å². The first kappa shape index (κ1) is 27.7. The minimum atomic E-state index is -1.94. The summed E-state index contributed by atoms with van der Waals surface area (Å²) in [6.45, 7) is 6.91. The van der Waals surface area contributed by atoms with Gasteiger partial charge in [0.2, 0.25) is 46.5 Å². The van der Waals surface area contributed by atoms with E-state index in [-0.39, 0.29) is 36.4 Å². The van der Waals surface area contributed by atoms with E-state index in [0.717, 1.165) is 0 Å². The van der Waals surface area contributed by atoms with Crippen molar-refractivity contribution in [2.45, 2.75) is 63.4 Å². The van der Waals surface area contributed by atoms with E-state index in [1.807, 2.05) is 0 Å². The Balaban J connectivity index is 2.30. The second kappa shape index (κ2) is 9.98. The molecule has 0 fully saturated rings. The Kier molecular flexibility index (Phi) is 8.13. The van der Waals surface area contributed by atoms with Gasteiger partial charge in [-0.2, -0.15) is 0 Å². The summed E-state index contributed by atoms with van der Waals surface area (Å²) in [5, 5.41) is 43.8.